The van der Waals surface area contributed by atoms with Gasteiger partial charge in [-0.25, -0.2) is 0 Å². The van der Waals surface area contributed by atoms with Gasteiger partial charge in [-0.1, -0.05) is 20.8 Å². The van der Waals surface area contributed by atoms with Crippen LogP contribution >= 0.6 is 0 Å². The first kappa shape index (κ1) is 14.9. The van der Waals surface area contributed by atoms with E-state index in [2.05, 4.69) is 46.4 Å². The zero-order valence-corrected chi connectivity index (χ0v) is 14.7. The minimum absolute atomic E-state index is 0.337. The van der Waals surface area contributed by atoms with Crippen molar-refractivity contribution >= 4 is 0 Å². The van der Waals surface area contributed by atoms with Crippen molar-refractivity contribution in [2.45, 2.75) is 110 Å². The minimum Gasteiger partial charge on any atom is -0.287 e. The van der Waals surface area contributed by atoms with Gasteiger partial charge in [0.15, 0.2) is 0 Å². The van der Waals surface area contributed by atoms with E-state index in [1.165, 1.54) is 51.4 Å². The van der Waals surface area contributed by atoms with Crippen LogP contribution < -0.4 is 0 Å². The van der Waals surface area contributed by atoms with E-state index in [1.807, 2.05) is 0 Å². The van der Waals surface area contributed by atoms with Crippen molar-refractivity contribution in [3.63, 3.8) is 0 Å². The second-order valence-electron chi connectivity index (χ2n) is 10.1. The molecule has 0 aromatic carbocycles. The summed E-state index contributed by atoms with van der Waals surface area (Å²) in [6, 6.07) is 0. The van der Waals surface area contributed by atoms with Gasteiger partial charge in [-0.15, -0.1) is 0 Å². The molecule has 0 amide bonds. The Labute approximate surface area is 126 Å². The summed E-state index contributed by atoms with van der Waals surface area (Å²) >= 11 is 0. The lowest BCUT2D eigenvalue weighted by Gasteiger charge is -2.71. The zero-order chi connectivity index (χ0) is 14.8. The normalized spacial score (nSPS) is 33.0. The molecule has 1 heteroatoms. The molecule has 0 bridgehead atoms. The highest BCUT2D eigenvalue weighted by Gasteiger charge is 2.62. The maximum atomic E-state index is 3.03. The molecule has 1 saturated heterocycles. The summed E-state index contributed by atoms with van der Waals surface area (Å²) in [5.41, 5.74) is 1.92. The maximum absolute atomic E-state index is 3.03. The highest BCUT2D eigenvalue weighted by Crippen LogP contribution is 2.62. The fraction of sp³-hybridized carbons (Fsp3) is 1.00. The Balaban J connectivity index is 1.98. The van der Waals surface area contributed by atoms with Crippen molar-refractivity contribution in [3.8, 4) is 0 Å². The van der Waals surface area contributed by atoms with E-state index in [0.717, 1.165) is 5.92 Å². The predicted octanol–water partition coefficient (Wildman–Crippen LogP) is 5.39. The molecule has 1 nitrogen and oxygen atoms in total. The van der Waals surface area contributed by atoms with Crippen molar-refractivity contribution < 1.29 is 0 Å². The lowest BCUT2D eigenvalue weighted by molar-refractivity contribution is -0.204. The van der Waals surface area contributed by atoms with Crippen molar-refractivity contribution in [2.75, 3.05) is 0 Å². The molecule has 116 valence electrons. The fourth-order valence-corrected chi connectivity index (χ4v) is 5.74. The van der Waals surface area contributed by atoms with E-state index in [0.29, 0.717) is 22.0 Å². The molecule has 0 radical (unpaired) electrons. The first-order chi connectivity index (χ1) is 9.09. The highest BCUT2D eigenvalue weighted by molar-refractivity contribution is 5.17. The van der Waals surface area contributed by atoms with Gasteiger partial charge in [0.05, 0.1) is 0 Å². The van der Waals surface area contributed by atoms with Crippen LogP contribution in [0.3, 0.4) is 0 Å². The first-order valence-electron chi connectivity index (χ1n) is 8.90. The molecular formula is C19H35N. The van der Waals surface area contributed by atoms with Crippen LogP contribution in [0.4, 0.5) is 0 Å². The van der Waals surface area contributed by atoms with E-state index in [1.54, 1.807) is 0 Å². The molecule has 3 aliphatic rings. The van der Waals surface area contributed by atoms with Gasteiger partial charge < -0.3 is 0 Å². The van der Waals surface area contributed by atoms with Crippen molar-refractivity contribution in [1.82, 2.24) is 4.90 Å². The monoisotopic (exact) mass is 277 g/mol. The third-order valence-electron chi connectivity index (χ3n) is 6.67. The molecule has 0 atom stereocenters. The molecule has 1 heterocycles. The summed E-state index contributed by atoms with van der Waals surface area (Å²) in [5.74, 6) is 0.918. The highest BCUT2D eigenvalue weighted by atomic mass is 15.3. The van der Waals surface area contributed by atoms with Crippen LogP contribution in [0.1, 0.15) is 92.9 Å². The summed E-state index contributed by atoms with van der Waals surface area (Å²) in [6.07, 6.45) is 11.7. The van der Waals surface area contributed by atoms with Gasteiger partial charge in [0.1, 0.15) is 0 Å². The quantitative estimate of drug-likeness (QED) is 0.574. The molecular weight excluding hydrogens is 242 g/mol. The van der Waals surface area contributed by atoms with Crippen LogP contribution in [0, 0.1) is 11.3 Å². The third kappa shape index (κ3) is 2.07. The standard InChI is InChI=1S/C19H35N/c1-16(2,3)15-13-18(9-7-10-18)20(17(4,5)6)19(14-15)11-8-12-19/h15H,7-14H2,1-6H3. The summed E-state index contributed by atoms with van der Waals surface area (Å²) in [6.45, 7) is 14.8. The Morgan fingerprint density at radius 1 is 0.750 bits per heavy atom. The van der Waals surface area contributed by atoms with E-state index in [9.17, 15) is 0 Å². The topological polar surface area (TPSA) is 3.24 Å². The number of hydrogen-bond acceptors (Lipinski definition) is 1. The largest absolute Gasteiger partial charge is 0.287 e. The molecule has 3 rings (SSSR count). The Morgan fingerprint density at radius 3 is 1.35 bits per heavy atom. The van der Waals surface area contributed by atoms with Crippen LogP contribution in [-0.4, -0.2) is 21.5 Å². The number of hydrogen-bond donors (Lipinski definition) is 0. The number of likely N-dealkylation sites (tertiary alicyclic amines) is 1. The SMILES string of the molecule is CC(C)(C)C1CC2(CCC2)N(C(C)(C)C)C2(CCC2)C1. The Morgan fingerprint density at radius 2 is 1.15 bits per heavy atom. The van der Waals surface area contributed by atoms with E-state index in [4.69, 9.17) is 0 Å². The van der Waals surface area contributed by atoms with Crippen LogP contribution in [0.2, 0.25) is 0 Å². The second-order valence-corrected chi connectivity index (χ2v) is 10.1. The van der Waals surface area contributed by atoms with E-state index in [-0.39, 0.29) is 0 Å². The van der Waals surface area contributed by atoms with Gasteiger partial charge in [-0.3, -0.25) is 4.90 Å². The Hall–Kier alpha value is -0.0400. The Kier molecular flexibility index (Phi) is 3.16. The predicted molar refractivity (Wildman–Crippen MR) is 86.9 cm³/mol. The average Bonchev–Trinajstić information content (AvgIpc) is 2.20. The first-order valence-corrected chi connectivity index (χ1v) is 8.90. The average molecular weight is 277 g/mol. The number of rotatable bonds is 0. The van der Waals surface area contributed by atoms with Gasteiger partial charge in [-0.2, -0.15) is 0 Å². The molecule has 0 unspecified atom stereocenters. The summed E-state index contributed by atoms with van der Waals surface area (Å²) in [7, 11) is 0. The van der Waals surface area contributed by atoms with E-state index < -0.39 is 0 Å². The van der Waals surface area contributed by atoms with Crippen LogP contribution in [-0.2, 0) is 0 Å². The lowest BCUT2D eigenvalue weighted by atomic mass is 9.52. The lowest BCUT2D eigenvalue weighted by Crippen LogP contribution is -2.75. The van der Waals surface area contributed by atoms with Gasteiger partial charge in [0.25, 0.3) is 0 Å². The molecule has 2 saturated carbocycles. The zero-order valence-electron chi connectivity index (χ0n) is 14.7. The van der Waals surface area contributed by atoms with Gasteiger partial charge in [0, 0.05) is 16.6 Å². The summed E-state index contributed by atoms with van der Waals surface area (Å²) < 4.78 is 0. The molecule has 0 aromatic rings. The minimum atomic E-state index is 0.337. The molecule has 2 aliphatic carbocycles. The molecule has 20 heavy (non-hydrogen) atoms. The second kappa shape index (κ2) is 4.24. The van der Waals surface area contributed by atoms with Gasteiger partial charge >= 0.3 is 0 Å². The van der Waals surface area contributed by atoms with Crippen molar-refractivity contribution in [2.24, 2.45) is 11.3 Å². The van der Waals surface area contributed by atoms with Crippen LogP contribution in [0.25, 0.3) is 0 Å². The molecule has 0 aromatic heterocycles. The third-order valence-corrected chi connectivity index (χ3v) is 6.67. The smallest absolute Gasteiger partial charge is 0.0223 e. The van der Waals surface area contributed by atoms with Gasteiger partial charge in [0.2, 0.25) is 0 Å². The fourth-order valence-electron chi connectivity index (χ4n) is 5.74. The van der Waals surface area contributed by atoms with Gasteiger partial charge in [-0.05, 0) is 83.5 Å². The van der Waals surface area contributed by atoms with Crippen LogP contribution in [0.5, 0.6) is 0 Å². The van der Waals surface area contributed by atoms with Crippen molar-refractivity contribution in [3.05, 3.63) is 0 Å². The molecule has 2 spiro atoms. The maximum Gasteiger partial charge on any atom is 0.0223 e. The summed E-state index contributed by atoms with van der Waals surface area (Å²) in [5, 5.41) is 0. The Bertz CT molecular complexity index is 350. The van der Waals surface area contributed by atoms with Crippen LogP contribution in [0.15, 0.2) is 0 Å². The summed E-state index contributed by atoms with van der Waals surface area (Å²) in [4.78, 5) is 3.03. The van der Waals surface area contributed by atoms with Crippen molar-refractivity contribution in [1.29, 1.82) is 0 Å². The molecule has 1 aliphatic heterocycles. The molecule has 0 N–H and O–H groups in total. The molecule has 3 fully saturated rings. The number of nitrogens with zero attached hydrogens (tertiary/aromatic N) is 1. The van der Waals surface area contributed by atoms with E-state index >= 15 is 0 Å². The number of piperidine rings is 1.